The molecule has 10 heteroatoms. The normalized spacial score (nSPS) is 11.3. The molecule has 3 aromatic heterocycles. The quantitative estimate of drug-likeness (QED) is 0.782. The van der Waals surface area contributed by atoms with Crippen molar-refractivity contribution in [3.63, 3.8) is 0 Å². The third kappa shape index (κ3) is 4.16. The lowest BCUT2D eigenvalue weighted by molar-refractivity contribution is -0.141. The minimum Gasteiger partial charge on any atom is -0.309 e. The van der Waals surface area contributed by atoms with Crippen molar-refractivity contribution in [3.8, 4) is 11.3 Å². The highest BCUT2D eigenvalue weighted by atomic mass is 19.4. The summed E-state index contributed by atoms with van der Waals surface area (Å²) in [6, 6.07) is 7.20. The monoisotopic (exact) mass is 348 g/mol. The van der Waals surface area contributed by atoms with Crippen molar-refractivity contribution in [1.29, 1.82) is 0 Å². The fourth-order valence-corrected chi connectivity index (χ4v) is 1.99. The molecule has 7 nitrogen and oxygen atoms in total. The lowest BCUT2D eigenvalue weighted by Gasteiger charge is -2.05. The highest BCUT2D eigenvalue weighted by Gasteiger charge is 2.32. The second-order valence-electron chi connectivity index (χ2n) is 4.99. The van der Waals surface area contributed by atoms with Crippen molar-refractivity contribution in [3.05, 3.63) is 54.6 Å². The SMILES string of the molecule is O=C(Cn1cc(-c2ccc(C(F)(F)F)nc2)nn1)Nc1ccccn1. The van der Waals surface area contributed by atoms with E-state index in [1.54, 1.807) is 24.4 Å². The Kier molecular flexibility index (Phi) is 4.42. The van der Waals surface area contributed by atoms with Crippen molar-refractivity contribution in [2.45, 2.75) is 12.7 Å². The summed E-state index contributed by atoms with van der Waals surface area (Å²) in [6.07, 6.45) is -0.450. The number of hydrogen-bond donors (Lipinski definition) is 1. The number of anilines is 1. The number of halogens is 3. The highest BCUT2D eigenvalue weighted by molar-refractivity contribution is 5.89. The molecule has 128 valence electrons. The number of alkyl halides is 3. The molecule has 0 aliphatic carbocycles. The lowest BCUT2D eigenvalue weighted by Crippen LogP contribution is -2.19. The first-order valence-corrected chi connectivity index (χ1v) is 7.06. The van der Waals surface area contributed by atoms with Gasteiger partial charge >= 0.3 is 6.18 Å². The molecule has 0 aliphatic heterocycles. The Balaban J connectivity index is 1.67. The maximum absolute atomic E-state index is 12.5. The molecular weight excluding hydrogens is 337 g/mol. The molecule has 0 aliphatic rings. The smallest absolute Gasteiger partial charge is 0.309 e. The molecule has 0 unspecified atom stereocenters. The number of pyridine rings is 2. The molecule has 25 heavy (non-hydrogen) atoms. The van der Waals surface area contributed by atoms with Gasteiger partial charge in [-0.1, -0.05) is 11.3 Å². The molecule has 3 rings (SSSR count). The van der Waals surface area contributed by atoms with Gasteiger partial charge in [0.1, 0.15) is 23.8 Å². The van der Waals surface area contributed by atoms with Crippen LogP contribution in [0.1, 0.15) is 5.69 Å². The molecule has 0 radical (unpaired) electrons. The van der Waals surface area contributed by atoms with Gasteiger partial charge in [0.2, 0.25) is 5.91 Å². The van der Waals surface area contributed by atoms with E-state index in [1.807, 2.05) is 0 Å². The molecule has 0 fully saturated rings. The van der Waals surface area contributed by atoms with Gasteiger partial charge < -0.3 is 5.32 Å². The van der Waals surface area contributed by atoms with Crippen LogP contribution in [-0.2, 0) is 17.5 Å². The predicted molar refractivity (Wildman–Crippen MR) is 81.1 cm³/mol. The van der Waals surface area contributed by atoms with Crippen LogP contribution in [0.15, 0.2) is 48.9 Å². The van der Waals surface area contributed by atoms with Gasteiger partial charge in [-0.25, -0.2) is 9.67 Å². The summed E-state index contributed by atoms with van der Waals surface area (Å²) >= 11 is 0. The van der Waals surface area contributed by atoms with Gasteiger partial charge in [-0.3, -0.25) is 9.78 Å². The molecule has 0 spiro atoms. The number of rotatable bonds is 4. The van der Waals surface area contributed by atoms with Crippen LogP contribution in [0.5, 0.6) is 0 Å². The Morgan fingerprint density at radius 3 is 2.64 bits per heavy atom. The molecule has 1 N–H and O–H groups in total. The van der Waals surface area contributed by atoms with Crippen molar-refractivity contribution < 1.29 is 18.0 Å². The van der Waals surface area contributed by atoms with Crippen molar-refractivity contribution in [2.75, 3.05) is 5.32 Å². The average Bonchev–Trinajstić information content (AvgIpc) is 3.03. The number of aromatic nitrogens is 5. The van der Waals surface area contributed by atoms with E-state index in [9.17, 15) is 18.0 Å². The first kappa shape index (κ1) is 16.6. The Labute approximate surface area is 139 Å². The Morgan fingerprint density at radius 1 is 1.16 bits per heavy atom. The topological polar surface area (TPSA) is 85.6 Å². The number of nitrogens with zero attached hydrogens (tertiary/aromatic N) is 5. The van der Waals surface area contributed by atoms with E-state index >= 15 is 0 Å². The first-order valence-electron chi connectivity index (χ1n) is 7.06. The summed E-state index contributed by atoms with van der Waals surface area (Å²) in [5.41, 5.74) is -0.311. The zero-order valence-corrected chi connectivity index (χ0v) is 12.6. The second kappa shape index (κ2) is 6.67. The minimum absolute atomic E-state index is 0.113. The minimum atomic E-state index is -4.50. The Morgan fingerprint density at radius 2 is 2.00 bits per heavy atom. The molecule has 0 saturated heterocycles. The van der Waals surface area contributed by atoms with E-state index in [0.29, 0.717) is 17.1 Å². The van der Waals surface area contributed by atoms with Gasteiger partial charge in [0.15, 0.2) is 0 Å². The van der Waals surface area contributed by atoms with E-state index < -0.39 is 11.9 Å². The van der Waals surface area contributed by atoms with Crippen molar-refractivity contribution in [2.24, 2.45) is 0 Å². The molecule has 3 aromatic rings. The van der Waals surface area contributed by atoms with Crippen molar-refractivity contribution >= 4 is 11.7 Å². The first-order chi connectivity index (χ1) is 11.9. The average molecular weight is 348 g/mol. The van der Waals surface area contributed by atoms with Crippen LogP contribution in [-0.4, -0.2) is 30.9 Å². The van der Waals surface area contributed by atoms with Crippen LogP contribution >= 0.6 is 0 Å². The zero-order valence-electron chi connectivity index (χ0n) is 12.6. The number of hydrogen-bond acceptors (Lipinski definition) is 5. The summed E-state index contributed by atoms with van der Waals surface area (Å²) in [4.78, 5) is 19.2. The number of carbonyl (C=O) groups is 1. The zero-order chi connectivity index (χ0) is 17.9. The Hall–Kier alpha value is -3.30. The van der Waals surface area contributed by atoms with Gasteiger partial charge in [0, 0.05) is 18.0 Å². The van der Waals surface area contributed by atoms with Gasteiger partial charge in [-0.05, 0) is 24.3 Å². The molecule has 0 aromatic carbocycles. The fraction of sp³-hybridized carbons (Fsp3) is 0.133. The lowest BCUT2D eigenvalue weighted by atomic mass is 10.2. The van der Waals surface area contributed by atoms with Gasteiger partial charge in [0.25, 0.3) is 0 Å². The van der Waals surface area contributed by atoms with Gasteiger partial charge in [-0.2, -0.15) is 13.2 Å². The highest BCUT2D eigenvalue weighted by Crippen LogP contribution is 2.28. The molecule has 0 bridgehead atoms. The van der Waals surface area contributed by atoms with E-state index in [-0.39, 0.29) is 12.5 Å². The van der Waals surface area contributed by atoms with Crippen LogP contribution < -0.4 is 5.32 Å². The largest absolute Gasteiger partial charge is 0.433 e. The van der Waals surface area contributed by atoms with Crippen LogP contribution in [0.4, 0.5) is 19.0 Å². The summed E-state index contributed by atoms with van der Waals surface area (Å²) in [5.74, 6) is 0.0421. The van der Waals surface area contributed by atoms with E-state index in [4.69, 9.17) is 0 Å². The second-order valence-corrected chi connectivity index (χ2v) is 4.99. The maximum Gasteiger partial charge on any atom is 0.433 e. The molecular formula is C15H11F3N6O. The Bertz CT molecular complexity index is 861. The standard InChI is InChI=1S/C15H11F3N6O/c16-15(17,18)12-5-4-10(7-20-12)11-8-24(23-22-11)9-14(25)21-13-3-1-2-6-19-13/h1-8H,9H2,(H,19,21,25). The fourth-order valence-electron chi connectivity index (χ4n) is 1.99. The van der Waals surface area contributed by atoms with Crippen molar-refractivity contribution in [1.82, 2.24) is 25.0 Å². The van der Waals surface area contributed by atoms with Gasteiger partial charge in [0.05, 0.1) is 6.20 Å². The van der Waals surface area contributed by atoms with Crippen LogP contribution in [0, 0.1) is 0 Å². The number of nitrogens with one attached hydrogen (secondary N) is 1. The van der Waals surface area contributed by atoms with Crippen LogP contribution in [0.2, 0.25) is 0 Å². The molecule has 0 atom stereocenters. The van der Waals surface area contributed by atoms with Crippen LogP contribution in [0.25, 0.3) is 11.3 Å². The molecule has 1 amide bonds. The van der Waals surface area contributed by atoms with Gasteiger partial charge in [-0.15, -0.1) is 5.10 Å². The maximum atomic E-state index is 12.5. The van der Waals surface area contributed by atoms with Crippen LogP contribution in [0.3, 0.4) is 0 Å². The third-order valence-electron chi connectivity index (χ3n) is 3.13. The number of carbonyl (C=O) groups excluding carboxylic acids is 1. The van der Waals surface area contributed by atoms with E-state index in [0.717, 1.165) is 12.3 Å². The summed E-state index contributed by atoms with van der Waals surface area (Å²) < 4.78 is 38.8. The third-order valence-corrected chi connectivity index (χ3v) is 3.13. The summed E-state index contributed by atoms with van der Waals surface area (Å²) in [6.45, 7) is -0.113. The predicted octanol–water partition coefficient (Wildman–Crippen LogP) is 2.39. The number of amides is 1. The van der Waals surface area contributed by atoms with E-state index in [2.05, 4.69) is 25.6 Å². The summed E-state index contributed by atoms with van der Waals surface area (Å²) in [7, 11) is 0. The molecule has 0 saturated carbocycles. The summed E-state index contributed by atoms with van der Waals surface area (Å²) in [5, 5.41) is 10.2. The van der Waals surface area contributed by atoms with E-state index in [1.165, 1.54) is 16.9 Å². The molecule has 3 heterocycles.